The fourth-order valence-corrected chi connectivity index (χ4v) is 1.88. The van der Waals surface area contributed by atoms with Gasteiger partial charge in [-0.2, -0.15) is 0 Å². The summed E-state index contributed by atoms with van der Waals surface area (Å²) in [5.74, 6) is 0.789. The number of aliphatic hydroxyl groups is 2. The molecule has 0 spiro atoms. The molecule has 1 aromatic carbocycles. The van der Waals surface area contributed by atoms with Gasteiger partial charge in [-0.25, -0.2) is 0 Å². The predicted molar refractivity (Wildman–Crippen MR) is 71.7 cm³/mol. The van der Waals surface area contributed by atoms with Gasteiger partial charge in [0, 0.05) is 6.04 Å². The molecule has 3 atom stereocenters. The third-order valence-corrected chi connectivity index (χ3v) is 3.09. The Labute approximate surface area is 109 Å². The van der Waals surface area contributed by atoms with Crippen molar-refractivity contribution in [3.05, 3.63) is 29.8 Å². The van der Waals surface area contributed by atoms with E-state index in [1.807, 2.05) is 31.2 Å². The Morgan fingerprint density at radius 3 is 2.28 bits per heavy atom. The van der Waals surface area contributed by atoms with E-state index in [1.165, 1.54) is 0 Å². The summed E-state index contributed by atoms with van der Waals surface area (Å²) in [4.78, 5) is 0. The molecule has 0 radical (unpaired) electrons. The van der Waals surface area contributed by atoms with Crippen LogP contribution in [0, 0.1) is 0 Å². The molecule has 4 heteroatoms. The summed E-state index contributed by atoms with van der Waals surface area (Å²) in [6, 6.07) is 7.39. The van der Waals surface area contributed by atoms with E-state index >= 15 is 0 Å². The summed E-state index contributed by atoms with van der Waals surface area (Å²) in [6.07, 6.45) is 0.287. The zero-order valence-corrected chi connectivity index (χ0v) is 11.3. The Morgan fingerprint density at radius 1 is 1.28 bits per heavy atom. The van der Waals surface area contributed by atoms with Crippen LogP contribution in [0.3, 0.4) is 0 Å². The van der Waals surface area contributed by atoms with Crippen molar-refractivity contribution >= 4 is 0 Å². The van der Waals surface area contributed by atoms with Crippen molar-refractivity contribution in [1.82, 2.24) is 5.32 Å². The average molecular weight is 253 g/mol. The minimum atomic E-state index is -0.529. The molecule has 4 nitrogen and oxygen atoms in total. The third kappa shape index (κ3) is 3.98. The molecular formula is C14H23NO3. The summed E-state index contributed by atoms with van der Waals surface area (Å²) in [7, 11) is 1.62. The minimum Gasteiger partial charge on any atom is -0.497 e. The van der Waals surface area contributed by atoms with Crippen molar-refractivity contribution < 1.29 is 14.9 Å². The van der Waals surface area contributed by atoms with E-state index in [-0.39, 0.29) is 18.7 Å². The molecule has 0 heterocycles. The van der Waals surface area contributed by atoms with Gasteiger partial charge < -0.3 is 20.3 Å². The molecule has 3 N–H and O–H groups in total. The van der Waals surface area contributed by atoms with Gasteiger partial charge in [0.15, 0.2) is 0 Å². The van der Waals surface area contributed by atoms with Gasteiger partial charge in [0.2, 0.25) is 0 Å². The second kappa shape index (κ2) is 7.36. The standard InChI is InChI=1S/C14H23NO3/c1-4-12(9-16)15-14(10(2)17)11-5-7-13(18-3)8-6-11/h5-8,10,12,14-17H,4,9H2,1-3H3. The number of hydrogen-bond acceptors (Lipinski definition) is 4. The van der Waals surface area contributed by atoms with E-state index in [9.17, 15) is 10.2 Å². The van der Waals surface area contributed by atoms with Crippen molar-refractivity contribution in [3.8, 4) is 5.75 Å². The lowest BCUT2D eigenvalue weighted by Gasteiger charge is -2.26. The van der Waals surface area contributed by atoms with Crippen LogP contribution in [-0.2, 0) is 0 Å². The predicted octanol–water partition coefficient (Wildman–Crippen LogP) is 1.48. The molecule has 0 aromatic heterocycles. The van der Waals surface area contributed by atoms with Crippen LogP contribution in [0.1, 0.15) is 31.9 Å². The van der Waals surface area contributed by atoms with Crippen LogP contribution in [0.2, 0.25) is 0 Å². The van der Waals surface area contributed by atoms with Crippen LogP contribution in [0.25, 0.3) is 0 Å². The molecule has 0 aliphatic heterocycles. The average Bonchev–Trinajstić information content (AvgIpc) is 2.40. The molecule has 0 saturated heterocycles. The summed E-state index contributed by atoms with van der Waals surface area (Å²) in [5, 5.41) is 22.3. The fourth-order valence-electron chi connectivity index (χ4n) is 1.88. The molecule has 102 valence electrons. The Morgan fingerprint density at radius 2 is 1.89 bits per heavy atom. The van der Waals surface area contributed by atoms with E-state index in [1.54, 1.807) is 14.0 Å². The molecule has 0 aliphatic carbocycles. The molecule has 0 amide bonds. The highest BCUT2D eigenvalue weighted by molar-refractivity contribution is 5.29. The first kappa shape index (κ1) is 15.0. The quantitative estimate of drug-likeness (QED) is 0.689. The largest absolute Gasteiger partial charge is 0.497 e. The summed E-state index contributed by atoms with van der Waals surface area (Å²) in [6.45, 7) is 3.81. The van der Waals surface area contributed by atoms with Crippen LogP contribution in [0.4, 0.5) is 0 Å². The van der Waals surface area contributed by atoms with Crippen LogP contribution in [-0.4, -0.2) is 36.1 Å². The highest BCUT2D eigenvalue weighted by Gasteiger charge is 2.20. The first-order chi connectivity index (χ1) is 8.62. The van der Waals surface area contributed by atoms with E-state index in [2.05, 4.69) is 5.32 Å². The maximum absolute atomic E-state index is 9.86. The van der Waals surface area contributed by atoms with E-state index in [0.29, 0.717) is 0 Å². The monoisotopic (exact) mass is 253 g/mol. The van der Waals surface area contributed by atoms with Crippen molar-refractivity contribution in [1.29, 1.82) is 0 Å². The van der Waals surface area contributed by atoms with Gasteiger partial charge >= 0.3 is 0 Å². The van der Waals surface area contributed by atoms with Gasteiger partial charge in [0.1, 0.15) is 5.75 Å². The van der Waals surface area contributed by atoms with Gasteiger partial charge in [-0.3, -0.25) is 0 Å². The fraction of sp³-hybridized carbons (Fsp3) is 0.571. The summed E-state index contributed by atoms with van der Waals surface area (Å²) >= 11 is 0. The molecule has 1 rings (SSSR count). The maximum Gasteiger partial charge on any atom is 0.118 e. The minimum absolute atomic E-state index is 0.00768. The van der Waals surface area contributed by atoms with Gasteiger partial charge in [-0.05, 0) is 31.0 Å². The second-order valence-electron chi connectivity index (χ2n) is 4.45. The smallest absolute Gasteiger partial charge is 0.118 e. The van der Waals surface area contributed by atoms with Gasteiger partial charge in [-0.15, -0.1) is 0 Å². The van der Waals surface area contributed by atoms with Crippen LogP contribution in [0.15, 0.2) is 24.3 Å². The normalized spacial score (nSPS) is 16.1. The van der Waals surface area contributed by atoms with Crippen LogP contribution >= 0.6 is 0 Å². The molecule has 0 aliphatic rings. The van der Waals surface area contributed by atoms with Crippen molar-refractivity contribution in [2.75, 3.05) is 13.7 Å². The van der Waals surface area contributed by atoms with Gasteiger partial charge in [0.05, 0.1) is 25.9 Å². The second-order valence-corrected chi connectivity index (χ2v) is 4.45. The zero-order valence-electron chi connectivity index (χ0n) is 11.3. The van der Waals surface area contributed by atoms with E-state index < -0.39 is 6.10 Å². The molecule has 0 bridgehead atoms. The summed E-state index contributed by atoms with van der Waals surface area (Å²) in [5.41, 5.74) is 0.984. The Kier molecular flexibility index (Phi) is 6.12. The summed E-state index contributed by atoms with van der Waals surface area (Å²) < 4.78 is 5.11. The van der Waals surface area contributed by atoms with E-state index in [4.69, 9.17) is 4.74 Å². The molecule has 0 saturated carbocycles. The van der Waals surface area contributed by atoms with Crippen molar-refractivity contribution in [2.24, 2.45) is 0 Å². The number of methoxy groups -OCH3 is 1. The van der Waals surface area contributed by atoms with Crippen LogP contribution in [0.5, 0.6) is 5.75 Å². The Bertz CT molecular complexity index is 333. The number of aliphatic hydroxyl groups excluding tert-OH is 2. The number of rotatable bonds is 7. The number of hydrogen-bond donors (Lipinski definition) is 3. The lowest BCUT2D eigenvalue weighted by molar-refractivity contribution is 0.125. The van der Waals surface area contributed by atoms with E-state index in [0.717, 1.165) is 17.7 Å². The zero-order chi connectivity index (χ0) is 13.5. The maximum atomic E-state index is 9.86. The Balaban J connectivity index is 2.83. The molecule has 3 unspecified atom stereocenters. The topological polar surface area (TPSA) is 61.7 Å². The van der Waals surface area contributed by atoms with Crippen molar-refractivity contribution in [3.63, 3.8) is 0 Å². The van der Waals surface area contributed by atoms with Crippen LogP contribution < -0.4 is 10.1 Å². The first-order valence-corrected chi connectivity index (χ1v) is 6.31. The highest BCUT2D eigenvalue weighted by Crippen LogP contribution is 2.21. The molecule has 0 fully saturated rings. The number of nitrogens with one attached hydrogen (secondary N) is 1. The number of ether oxygens (including phenoxy) is 1. The van der Waals surface area contributed by atoms with Crippen molar-refractivity contribution in [2.45, 2.75) is 38.5 Å². The molecule has 1 aromatic rings. The SMILES string of the molecule is CCC(CO)NC(c1ccc(OC)cc1)C(C)O. The lowest BCUT2D eigenvalue weighted by atomic mass is 10.0. The van der Waals surface area contributed by atoms with Gasteiger partial charge in [0.25, 0.3) is 0 Å². The number of benzene rings is 1. The molecule has 18 heavy (non-hydrogen) atoms. The first-order valence-electron chi connectivity index (χ1n) is 6.31. The highest BCUT2D eigenvalue weighted by atomic mass is 16.5. The third-order valence-electron chi connectivity index (χ3n) is 3.09. The molecular weight excluding hydrogens is 230 g/mol. The lowest BCUT2D eigenvalue weighted by Crippen LogP contribution is -2.39. The Hall–Kier alpha value is -1.10. The van der Waals surface area contributed by atoms with Gasteiger partial charge in [-0.1, -0.05) is 19.1 Å².